The summed E-state index contributed by atoms with van der Waals surface area (Å²) in [6.45, 7) is 5.94. The molecule has 0 saturated heterocycles. The molecule has 7 heteroatoms. The summed E-state index contributed by atoms with van der Waals surface area (Å²) in [5.41, 5.74) is 1.74. The van der Waals surface area contributed by atoms with Gasteiger partial charge < -0.3 is 10.2 Å². The quantitative estimate of drug-likeness (QED) is 0.551. The molecule has 0 heterocycles. The van der Waals surface area contributed by atoms with E-state index in [0.717, 1.165) is 11.1 Å². The van der Waals surface area contributed by atoms with Gasteiger partial charge in [-0.15, -0.1) is 11.8 Å². The van der Waals surface area contributed by atoms with E-state index >= 15 is 0 Å². The minimum Gasteiger partial charge on any atom is -0.352 e. The first-order valence-electron chi connectivity index (χ1n) is 9.97. The van der Waals surface area contributed by atoms with Crippen molar-refractivity contribution in [3.05, 3.63) is 70.5 Å². The van der Waals surface area contributed by atoms with Gasteiger partial charge in [0, 0.05) is 23.4 Å². The highest BCUT2D eigenvalue weighted by Crippen LogP contribution is 2.21. The van der Waals surface area contributed by atoms with Crippen LogP contribution in [0.2, 0.25) is 5.02 Å². The second kappa shape index (κ2) is 12.0. The van der Waals surface area contributed by atoms with E-state index in [4.69, 9.17) is 11.6 Å². The van der Waals surface area contributed by atoms with E-state index in [9.17, 15) is 14.0 Å². The molecule has 0 bridgehead atoms. The van der Waals surface area contributed by atoms with Crippen LogP contribution in [0.15, 0.2) is 48.5 Å². The molecule has 0 aromatic heterocycles. The van der Waals surface area contributed by atoms with Gasteiger partial charge in [0.25, 0.3) is 0 Å². The van der Waals surface area contributed by atoms with E-state index in [1.54, 1.807) is 23.1 Å². The maximum Gasteiger partial charge on any atom is 0.243 e. The number of hydrogen-bond acceptors (Lipinski definition) is 3. The Hall–Kier alpha value is -2.05. The number of rotatable bonds is 10. The summed E-state index contributed by atoms with van der Waals surface area (Å²) in [4.78, 5) is 27.5. The summed E-state index contributed by atoms with van der Waals surface area (Å²) in [5.74, 6) is 0.214. The average Bonchev–Trinajstić information content (AvgIpc) is 2.70. The van der Waals surface area contributed by atoms with Gasteiger partial charge in [0.2, 0.25) is 11.8 Å². The van der Waals surface area contributed by atoms with Gasteiger partial charge in [-0.25, -0.2) is 4.39 Å². The third-order valence-electron chi connectivity index (χ3n) is 4.52. The number of halogens is 2. The van der Waals surface area contributed by atoms with Gasteiger partial charge in [0.1, 0.15) is 11.9 Å². The van der Waals surface area contributed by atoms with Crippen LogP contribution in [0, 0.1) is 5.82 Å². The molecule has 2 rings (SSSR count). The van der Waals surface area contributed by atoms with E-state index < -0.39 is 6.04 Å². The van der Waals surface area contributed by atoms with Crippen LogP contribution < -0.4 is 5.32 Å². The molecule has 30 heavy (non-hydrogen) atoms. The lowest BCUT2D eigenvalue weighted by Gasteiger charge is -2.31. The van der Waals surface area contributed by atoms with E-state index in [-0.39, 0.29) is 36.0 Å². The lowest BCUT2D eigenvalue weighted by molar-refractivity contribution is -0.139. The Labute approximate surface area is 187 Å². The fraction of sp³-hybridized carbons (Fsp3) is 0.391. The first-order valence-corrected chi connectivity index (χ1v) is 11.5. The van der Waals surface area contributed by atoms with Crippen molar-refractivity contribution in [1.82, 2.24) is 10.2 Å². The second-order valence-corrected chi connectivity index (χ2v) is 8.71. The zero-order chi connectivity index (χ0) is 22.1. The number of hydrogen-bond donors (Lipinski definition) is 1. The Kier molecular flexibility index (Phi) is 9.66. The van der Waals surface area contributed by atoms with Crippen LogP contribution in [0.5, 0.6) is 0 Å². The number of carbonyl (C=O) groups excluding carboxylic acids is 2. The van der Waals surface area contributed by atoms with Crippen molar-refractivity contribution in [1.29, 1.82) is 0 Å². The summed E-state index contributed by atoms with van der Waals surface area (Å²) >= 11 is 7.75. The minimum atomic E-state index is -0.581. The number of nitrogens with zero attached hydrogens (tertiary/aromatic N) is 1. The smallest absolute Gasteiger partial charge is 0.243 e. The highest BCUT2D eigenvalue weighted by atomic mass is 35.5. The van der Waals surface area contributed by atoms with Crippen LogP contribution in [-0.2, 0) is 21.9 Å². The van der Waals surface area contributed by atoms with E-state index in [1.165, 1.54) is 23.9 Å². The molecule has 0 saturated carbocycles. The van der Waals surface area contributed by atoms with Crippen LogP contribution in [0.4, 0.5) is 4.39 Å². The predicted octanol–water partition coefficient (Wildman–Crippen LogP) is 5.04. The normalized spacial score (nSPS) is 11.9. The Morgan fingerprint density at radius 1 is 1.13 bits per heavy atom. The summed E-state index contributed by atoms with van der Waals surface area (Å²) in [6, 6.07) is 13.0. The largest absolute Gasteiger partial charge is 0.352 e. The van der Waals surface area contributed by atoms with Gasteiger partial charge in [0.15, 0.2) is 0 Å². The molecule has 2 aromatic rings. The van der Waals surface area contributed by atoms with Crippen molar-refractivity contribution < 1.29 is 14.0 Å². The first kappa shape index (κ1) is 24.2. The number of nitrogens with one attached hydrogen (secondary N) is 1. The van der Waals surface area contributed by atoms with Gasteiger partial charge in [-0.1, -0.05) is 48.9 Å². The molecule has 0 aliphatic rings. The Morgan fingerprint density at radius 2 is 1.80 bits per heavy atom. The van der Waals surface area contributed by atoms with Crippen molar-refractivity contribution in [3.8, 4) is 0 Å². The highest BCUT2D eigenvalue weighted by Gasteiger charge is 2.29. The molecule has 0 radical (unpaired) electrons. The van der Waals surface area contributed by atoms with Crippen LogP contribution in [0.25, 0.3) is 0 Å². The Balaban J connectivity index is 2.13. The zero-order valence-corrected chi connectivity index (χ0v) is 19.1. The molecule has 0 spiro atoms. The van der Waals surface area contributed by atoms with Crippen LogP contribution in [0.3, 0.4) is 0 Å². The number of carbonyl (C=O) groups is 2. The fourth-order valence-corrected chi connectivity index (χ4v) is 4.10. The maximum absolute atomic E-state index is 13.1. The number of thioether (sulfide) groups is 1. The Morgan fingerprint density at radius 3 is 2.40 bits per heavy atom. The zero-order valence-electron chi connectivity index (χ0n) is 17.5. The molecule has 4 nitrogen and oxygen atoms in total. The standard InChI is InChI=1S/C23H28ClFN2O2S/c1-4-21(23(29)26-16(2)3)27(13-18-7-5-6-8-20(18)24)22(28)15-30-14-17-9-11-19(25)12-10-17/h5-12,16,21H,4,13-15H2,1-3H3,(H,26,29)/t21-/m1/s1. The van der Waals surface area contributed by atoms with Gasteiger partial charge >= 0.3 is 0 Å². The first-order chi connectivity index (χ1) is 14.3. The lowest BCUT2D eigenvalue weighted by Crippen LogP contribution is -2.51. The molecule has 1 N–H and O–H groups in total. The summed E-state index contributed by atoms with van der Waals surface area (Å²) in [6.07, 6.45) is 0.497. The van der Waals surface area contributed by atoms with Gasteiger partial charge in [0.05, 0.1) is 5.75 Å². The summed E-state index contributed by atoms with van der Waals surface area (Å²) in [5, 5.41) is 3.47. The van der Waals surface area contributed by atoms with Crippen molar-refractivity contribution in [2.75, 3.05) is 5.75 Å². The average molecular weight is 451 g/mol. The van der Waals surface area contributed by atoms with E-state index in [0.29, 0.717) is 17.2 Å². The molecular weight excluding hydrogens is 423 g/mol. The molecule has 162 valence electrons. The monoisotopic (exact) mass is 450 g/mol. The molecule has 0 aliphatic carbocycles. The van der Waals surface area contributed by atoms with Crippen LogP contribution >= 0.6 is 23.4 Å². The molecule has 2 amide bonds. The predicted molar refractivity (Wildman–Crippen MR) is 122 cm³/mol. The summed E-state index contributed by atoms with van der Waals surface area (Å²) < 4.78 is 13.1. The van der Waals surface area contributed by atoms with Crippen molar-refractivity contribution in [2.45, 2.75) is 51.6 Å². The molecule has 1 atom stereocenters. The van der Waals surface area contributed by atoms with E-state index in [1.807, 2.05) is 39.0 Å². The SMILES string of the molecule is CC[C@H](C(=O)NC(C)C)N(Cc1ccccc1Cl)C(=O)CSCc1ccc(F)cc1. The maximum atomic E-state index is 13.1. The number of benzene rings is 2. The minimum absolute atomic E-state index is 0.0170. The topological polar surface area (TPSA) is 49.4 Å². The van der Waals surface area contributed by atoms with Crippen molar-refractivity contribution in [3.63, 3.8) is 0 Å². The molecular formula is C23H28ClFN2O2S. The van der Waals surface area contributed by atoms with Gasteiger partial charge in [-0.3, -0.25) is 9.59 Å². The second-order valence-electron chi connectivity index (χ2n) is 7.32. The molecule has 0 aliphatic heterocycles. The third kappa shape index (κ3) is 7.33. The van der Waals surface area contributed by atoms with Crippen LogP contribution in [-0.4, -0.2) is 34.6 Å². The van der Waals surface area contributed by atoms with Crippen molar-refractivity contribution >= 4 is 35.2 Å². The number of amides is 2. The van der Waals surface area contributed by atoms with E-state index in [2.05, 4.69) is 5.32 Å². The van der Waals surface area contributed by atoms with Crippen molar-refractivity contribution in [2.24, 2.45) is 0 Å². The Bertz CT molecular complexity index is 845. The van der Waals surface area contributed by atoms with Gasteiger partial charge in [-0.05, 0) is 49.6 Å². The van der Waals surface area contributed by atoms with Gasteiger partial charge in [-0.2, -0.15) is 0 Å². The molecule has 2 aromatic carbocycles. The lowest BCUT2D eigenvalue weighted by atomic mass is 10.1. The molecule has 0 unspecified atom stereocenters. The summed E-state index contributed by atoms with van der Waals surface area (Å²) in [7, 11) is 0. The highest BCUT2D eigenvalue weighted by molar-refractivity contribution is 7.99. The molecule has 0 fully saturated rings. The van der Waals surface area contributed by atoms with Crippen LogP contribution in [0.1, 0.15) is 38.3 Å². The fourth-order valence-electron chi connectivity index (χ4n) is 3.03. The third-order valence-corrected chi connectivity index (χ3v) is 5.88.